The van der Waals surface area contributed by atoms with Crippen LogP contribution in [0.2, 0.25) is 0 Å². The molecule has 0 atom stereocenters. The molecule has 0 aliphatic rings. The van der Waals surface area contributed by atoms with Crippen molar-refractivity contribution < 1.29 is 0 Å². The first-order chi connectivity index (χ1) is 34.7. The number of hydrogen-bond acceptors (Lipinski definition) is 5. The van der Waals surface area contributed by atoms with Gasteiger partial charge in [0.05, 0.1) is 33.1 Å². The fourth-order valence-corrected chi connectivity index (χ4v) is 15.2. The van der Waals surface area contributed by atoms with E-state index in [1.165, 1.54) is 104 Å². The van der Waals surface area contributed by atoms with Gasteiger partial charge in [-0.2, -0.15) is 0 Å². The molecule has 7 aromatic heterocycles. The first-order valence-electron chi connectivity index (χ1n) is 23.6. The van der Waals surface area contributed by atoms with Crippen molar-refractivity contribution in [1.29, 1.82) is 0 Å². The Morgan fingerprint density at radius 2 is 0.586 bits per heavy atom. The Morgan fingerprint density at radius 3 is 1.03 bits per heavy atom. The number of nitrogens with zero attached hydrogens (tertiary/aromatic N) is 5. The number of hydrogen-bond donors (Lipinski definition) is 0. The van der Waals surface area contributed by atoms with Gasteiger partial charge in [-0.15, -0.1) is 44.2 Å². The lowest BCUT2D eigenvalue weighted by atomic mass is 10.1. The number of para-hydroxylation sites is 3. The number of rotatable bonds is 3. The van der Waals surface area contributed by atoms with Crippen molar-refractivity contribution in [3.63, 3.8) is 0 Å². The van der Waals surface area contributed by atoms with Gasteiger partial charge in [-0.3, -0.25) is 9.13 Å². The zero-order chi connectivity index (χ0) is 45.3. The summed E-state index contributed by atoms with van der Waals surface area (Å²) in [4.78, 5) is 0. The Bertz CT molecular complexity index is 5150. The summed E-state index contributed by atoms with van der Waals surface area (Å²) in [5.74, 6) is 1.60. The van der Waals surface area contributed by atoms with Gasteiger partial charge in [0, 0.05) is 109 Å². The predicted molar refractivity (Wildman–Crippen MR) is 301 cm³/mol. The molecular weight excluding hydrogens is 911 g/mol. The lowest BCUT2D eigenvalue weighted by molar-refractivity contribution is 0.929. The molecule has 0 aliphatic heterocycles. The fourth-order valence-electron chi connectivity index (χ4n) is 11.9. The van der Waals surface area contributed by atoms with E-state index in [1.54, 1.807) is 0 Å². The summed E-state index contributed by atoms with van der Waals surface area (Å²) in [6, 6.07) is 74.1. The van der Waals surface area contributed by atoms with Gasteiger partial charge < -0.3 is 4.57 Å². The van der Waals surface area contributed by atoms with E-state index in [4.69, 9.17) is 10.2 Å². The topological polar surface area (TPSA) is 40.6 Å². The summed E-state index contributed by atoms with van der Waals surface area (Å²) in [5, 5.41) is 27.9. The molecular formula is C62H33N5S3. The first-order valence-corrected chi connectivity index (χ1v) is 26.0. The zero-order valence-electron chi connectivity index (χ0n) is 37.0. The Kier molecular flexibility index (Phi) is 7.32. The molecule has 17 rings (SSSR count). The molecule has 0 amide bonds. The van der Waals surface area contributed by atoms with Gasteiger partial charge in [0.25, 0.3) is 0 Å². The molecule has 10 aromatic carbocycles. The summed E-state index contributed by atoms with van der Waals surface area (Å²) < 4.78 is 14.9. The van der Waals surface area contributed by atoms with E-state index >= 15 is 0 Å². The lowest BCUT2D eigenvalue weighted by Gasteiger charge is -2.16. The van der Waals surface area contributed by atoms with Gasteiger partial charge in [0.1, 0.15) is 0 Å². The molecule has 70 heavy (non-hydrogen) atoms. The van der Waals surface area contributed by atoms with Crippen LogP contribution in [0.1, 0.15) is 0 Å². The second-order valence-corrected chi connectivity index (χ2v) is 21.8. The van der Waals surface area contributed by atoms with Crippen LogP contribution in [0, 0.1) is 0 Å². The van der Waals surface area contributed by atoms with Gasteiger partial charge in [0.15, 0.2) is 11.6 Å². The van der Waals surface area contributed by atoms with Crippen LogP contribution in [-0.4, -0.2) is 23.9 Å². The van der Waals surface area contributed by atoms with E-state index < -0.39 is 0 Å². The highest BCUT2D eigenvalue weighted by Crippen LogP contribution is 2.46. The maximum Gasteiger partial charge on any atom is 0.168 e. The van der Waals surface area contributed by atoms with Crippen LogP contribution in [-0.2, 0) is 0 Å². The van der Waals surface area contributed by atoms with Crippen molar-refractivity contribution in [2.24, 2.45) is 0 Å². The molecule has 0 unspecified atom stereocenters. The Hall–Kier alpha value is -8.40. The molecule has 0 spiro atoms. The average molecular weight is 944 g/mol. The lowest BCUT2D eigenvalue weighted by Crippen LogP contribution is -2.07. The van der Waals surface area contributed by atoms with Crippen LogP contribution in [0.5, 0.6) is 0 Å². The summed E-state index contributed by atoms with van der Waals surface area (Å²) in [5.41, 5.74) is 7.85. The van der Waals surface area contributed by atoms with Gasteiger partial charge in [0.2, 0.25) is 0 Å². The number of aromatic nitrogens is 5. The molecule has 8 heteroatoms. The third kappa shape index (κ3) is 4.94. The van der Waals surface area contributed by atoms with E-state index in [2.05, 4.69) is 214 Å². The van der Waals surface area contributed by atoms with E-state index in [-0.39, 0.29) is 0 Å². The van der Waals surface area contributed by atoms with Crippen molar-refractivity contribution in [3.8, 4) is 17.3 Å². The summed E-state index contributed by atoms with van der Waals surface area (Å²) >= 11 is 5.56. The molecule has 0 N–H and O–H groups in total. The molecule has 17 aromatic rings. The minimum Gasteiger partial charge on any atom is -0.309 e. The monoisotopic (exact) mass is 943 g/mol. The van der Waals surface area contributed by atoms with Crippen molar-refractivity contribution in [2.75, 3.05) is 0 Å². The first kappa shape index (κ1) is 37.6. The predicted octanol–water partition coefficient (Wildman–Crippen LogP) is 18.0. The van der Waals surface area contributed by atoms with Crippen LogP contribution in [0.3, 0.4) is 0 Å². The molecule has 7 heterocycles. The molecule has 324 valence electrons. The van der Waals surface area contributed by atoms with Gasteiger partial charge in [-0.1, -0.05) is 109 Å². The number of benzene rings is 10. The number of fused-ring (bicyclic) bond motifs is 19. The van der Waals surface area contributed by atoms with E-state index in [9.17, 15) is 0 Å². The zero-order valence-corrected chi connectivity index (χ0v) is 39.5. The van der Waals surface area contributed by atoms with Crippen LogP contribution in [0.15, 0.2) is 200 Å². The standard InChI is InChI=1S/C62H33N5S3/c1-7-19-49-35(13-1)42-28-45-38-16-4-10-22-55(38)68-58(45)31-52(42)65(49)34-25-26-41-48(27-34)62(67-51-21-9-3-15-37(51)44-30-47-40-18-6-12-24-57(40)70-60(47)33-54(44)67)64-63-61(41)66-50-20-8-2-14-36(50)43-29-46-39-17-5-11-23-56(39)69-59(46)32-53(43)66/h1-33H. The SMILES string of the molecule is c1ccc2c(c1)sc1cc3c(cc12)c1ccccc1n3-c1ccc2c(-n3c4ccccc4c4cc5c(cc43)sc3ccccc35)nnc(-n3c4ccccc4c4cc5c(cc43)sc3ccccc35)c2c1. The molecule has 0 aliphatic carbocycles. The minimum atomic E-state index is 0.799. The molecule has 0 saturated heterocycles. The average Bonchev–Trinajstić information content (AvgIpc) is 4.25. The fraction of sp³-hybridized carbons (Fsp3) is 0. The Labute approximate surface area is 409 Å². The van der Waals surface area contributed by atoms with Gasteiger partial charge >= 0.3 is 0 Å². The Morgan fingerprint density at radius 1 is 0.229 bits per heavy atom. The van der Waals surface area contributed by atoms with Crippen molar-refractivity contribution >= 4 is 171 Å². The second-order valence-electron chi connectivity index (χ2n) is 18.5. The third-order valence-corrected chi connectivity index (χ3v) is 18.3. The molecule has 0 fully saturated rings. The maximum absolute atomic E-state index is 5.44. The van der Waals surface area contributed by atoms with Crippen molar-refractivity contribution in [2.45, 2.75) is 0 Å². The molecule has 5 nitrogen and oxygen atoms in total. The highest BCUT2D eigenvalue weighted by molar-refractivity contribution is 7.26. The summed E-state index contributed by atoms with van der Waals surface area (Å²) in [7, 11) is 0. The van der Waals surface area contributed by atoms with Crippen molar-refractivity contribution in [3.05, 3.63) is 200 Å². The quantitative estimate of drug-likeness (QED) is 0.177. The van der Waals surface area contributed by atoms with Crippen LogP contribution in [0.4, 0.5) is 0 Å². The second kappa shape index (κ2) is 13.6. The summed E-state index contributed by atoms with van der Waals surface area (Å²) in [6.07, 6.45) is 0. The van der Waals surface area contributed by atoms with E-state index in [0.29, 0.717) is 0 Å². The molecule has 0 radical (unpaired) electrons. The van der Waals surface area contributed by atoms with Gasteiger partial charge in [-0.05, 0) is 91.0 Å². The Balaban J connectivity index is 1.00. The maximum atomic E-state index is 5.44. The molecule has 0 bridgehead atoms. The normalized spacial score (nSPS) is 12.6. The van der Waals surface area contributed by atoms with Crippen molar-refractivity contribution in [1.82, 2.24) is 23.9 Å². The van der Waals surface area contributed by atoms with E-state index in [0.717, 1.165) is 50.2 Å². The molecule has 0 saturated carbocycles. The largest absolute Gasteiger partial charge is 0.309 e. The third-order valence-electron chi connectivity index (χ3n) is 14.9. The summed E-state index contributed by atoms with van der Waals surface area (Å²) in [6.45, 7) is 0. The van der Waals surface area contributed by atoms with Crippen LogP contribution < -0.4 is 0 Å². The minimum absolute atomic E-state index is 0.799. The highest BCUT2D eigenvalue weighted by atomic mass is 32.1. The van der Waals surface area contributed by atoms with E-state index in [1.807, 2.05) is 34.0 Å². The number of thiophene rings is 3. The van der Waals surface area contributed by atoms with Crippen LogP contribution in [0.25, 0.3) is 154 Å². The van der Waals surface area contributed by atoms with Gasteiger partial charge in [-0.25, -0.2) is 0 Å². The smallest absolute Gasteiger partial charge is 0.168 e. The van der Waals surface area contributed by atoms with Crippen LogP contribution >= 0.6 is 34.0 Å². The highest BCUT2D eigenvalue weighted by Gasteiger charge is 2.24.